The Kier molecular flexibility index (Phi) is 3.62. The Bertz CT molecular complexity index is 751. The van der Waals surface area contributed by atoms with Crippen LogP contribution in [0.15, 0.2) is 35.5 Å². The minimum Gasteiger partial charge on any atom is -0.486 e. The van der Waals surface area contributed by atoms with Crippen molar-refractivity contribution < 1.29 is 9.53 Å². The molecule has 0 bridgehead atoms. The highest BCUT2D eigenvalue weighted by atomic mass is 16.5. The second-order valence-corrected chi connectivity index (χ2v) is 5.27. The smallest absolute Gasteiger partial charge is 0.274 e. The van der Waals surface area contributed by atoms with Crippen molar-refractivity contribution in [2.75, 3.05) is 13.1 Å². The van der Waals surface area contributed by atoms with Gasteiger partial charge in [-0.3, -0.25) is 14.6 Å². The van der Waals surface area contributed by atoms with Crippen LogP contribution in [0.4, 0.5) is 0 Å². The molecular formula is C15H16N4O3. The minimum absolute atomic E-state index is 0.105. The maximum absolute atomic E-state index is 12.1. The molecule has 1 amide bonds. The summed E-state index contributed by atoms with van der Waals surface area (Å²) in [4.78, 5) is 33.3. The summed E-state index contributed by atoms with van der Waals surface area (Å²) in [7, 11) is 1.71. The number of hydrogen-bond donors (Lipinski definition) is 0. The highest BCUT2D eigenvalue weighted by Crippen LogP contribution is 2.19. The minimum atomic E-state index is -0.159. The topological polar surface area (TPSA) is 77.3 Å². The molecule has 0 radical (unpaired) electrons. The van der Waals surface area contributed by atoms with Crippen LogP contribution < -0.4 is 10.3 Å². The Morgan fingerprint density at radius 3 is 2.73 bits per heavy atom. The molecule has 0 unspecified atom stereocenters. The number of amides is 1. The van der Waals surface area contributed by atoms with Gasteiger partial charge in [0.15, 0.2) is 0 Å². The van der Waals surface area contributed by atoms with Crippen molar-refractivity contribution in [1.29, 1.82) is 0 Å². The summed E-state index contributed by atoms with van der Waals surface area (Å²) in [5.74, 6) is 0.380. The molecule has 1 saturated heterocycles. The number of aromatic nitrogens is 3. The standard InChI is InChI=1S/C15H16N4O3/c1-10-5-11(6-14(20)18(10)2)22-12-8-19(9-12)15(21)13-7-16-3-4-17-13/h3-7,12H,8-9H2,1-2H3. The van der Waals surface area contributed by atoms with Gasteiger partial charge in [0.1, 0.15) is 17.5 Å². The van der Waals surface area contributed by atoms with E-state index in [1.165, 1.54) is 24.7 Å². The summed E-state index contributed by atoms with van der Waals surface area (Å²) in [5, 5.41) is 0. The first-order valence-electron chi connectivity index (χ1n) is 6.94. The lowest BCUT2D eigenvalue weighted by Crippen LogP contribution is -2.56. The lowest BCUT2D eigenvalue weighted by molar-refractivity contribution is 0.0172. The summed E-state index contributed by atoms with van der Waals surface area (Å²) >= 11 is 0. The number of hydrogen-bond acceptors (Lipinski definition) is 5. The fourth-order valence-electron chi connectivity index (χ4n) is 2.25. The second kappa shape index (κ2) is 5.59. The molecule has 0 atom stereocenters. The normalized spacial score (nSPS) is 14.5. The molecule has 0 saturated carbocycles. The van der Waals surface area contributed by atoms with Crippen LogP contribution >= 0.6 is 0 Å². The van der Waals surface area contributed by atoms with E-state index in [2.05, 4.69) is 9.97 Å². The largest absolute Gasteiger partial charge is 0.486 e. The van der Waals surface area contributed by atoms with Gasteiger partial charge in [-0.2, -0.15) is 0 Å². The summed E-state index contributed by atoms with van der Waals surface area (Å²) in [6.07, 6.45) is 4.36. The monoisotopic (exact) mass is 300 g/mol. The number of carbonyl (C=O) groups is 1. The fraction of sp³-hybridized carbons (Fsp3) is 0.333. The third-order valence-electron chi connectivity index (χ3n) is 3.70. The Balaban J connectivity index is 1.60. The maximum Gasteiger partial charge on any atom is 0.274 e. The number of carbonyl (C=O) groups excluding carboxylic acids is 1. The van der Waals surface area contributed by atoms with Crippen LogP contribution in [0.1, 0.15) is 16.2 Å². The van der Waals surface area contributed by atoms with Gasteiger partial charge in [0, 0.05) is 31.2 Å². The van der Waals surface area contributed by atoms with E-state index in [0.29, 0.717) is 24.5 Å². The van der Waals surface area contributed by atoms with E-state index in [-0.39, 0.29) is 17.6 Å². The molecule has 7 nitrogen and oxygen atoms in total. The molecule has 7 heteroatoms. The van der Waals surface area contributed by atoms with Crippen LogP contribution in [0, 0.1) is 6.92 Å². The first kappa shape index (κ1) is 14.2. The van der Waals surface area contributed by atoms with E-state index in [0.717, 1.165) is 5.69 Å². The third kappa shape index (κ3) is 2.69. The molecule has 1 aliphatic rings. The maximum atomic E-state index is 12.1. The van der Waals surface area contributed by atoms with Crippen molar-refractivity contribution in [3.05, 3.63) is 52.5 Å². The number of nitrogens with zero attached hydrogens (tertiary/aromatic N) is 4. The van der Waals surface area contributed by atoms with Gasteiger partial charge in [0.2, 0.25) is 0 Å². The van der Waals surface area contributed by atoms with Gasteiger partial charge in [-0.05, 0) is 13.0 Å². The lowest BCUT2D eigenvalue weighted by Gasteiger charge is -2.38. The zero-order chi connectivity index (χ0) is 15.7. The van der Waals surface area contributed by atoms with Gasteiger partial charge in [-0.15, -0.1) is 0 Å². The highest BCUT2D eigenvalue weighted by Gasteiger charge is 2.33. The van der Waals surface area contributed by atoms with Crippen LogP contribution in [0.25, 0.3) is 0 Å². The van der Waals surface area contributed by atoms with Crippen molar-refractivity contribution >= 4 is 5.91 Å². The van der Waals surface area contributed by atoms with Gasteiger partial charge < -0.3 is 14.2 Å². The molecule has 3 heterocycles. The summed E-state index contributed by atoms with van der Waals surface area (Å²) in [6.45, 7) is 2.80. The Morgan fingerprint density at radius 2 is 2.09 bits per heavy atom. The second-order valence-electron chi connectivity index (χ2n) is 5.27. The lowest BCUT2D eigenvalue weighted by atomic mass is 10.1. The van der Waals surface area contributed by atoms with Crippen molar-refractivity contribution in [2.24, 2.45) is 7.05 Å². The SMILES string of the molecule is Cc1cc(OC2CN(C(=O)c3cnccn3)C2)cc(=O)n1C. The van der Waals surface area contributed by atoms with Crippen molar-refractivity contribution in [3.8, 4) is 5.75 Å². The van der Waals surface area contributed by atoms with Gasteiger partial charge in [0.25, 0.3) is 11.5 Å². The van der Waals surface area contributed by atoms with Gasteiger partial charge in [-0.1, -0.05) is 0 Å². The van der Waals surface area contributed by atoms with Crippen molar-refractivity contribution in [1.82, 2.24) is 19.4 Å². The first-order valence-corrected chi connectivity index (χ1v) is 6.94. The number of rotatable bonds is 3. The average molecular weight is 300 g/mol. The Hall–Kier alpha value is -2.70. The molecule has 114 valence electrons. The molecule has 2 aromatic heterocycles. The Morgan fingerprint density at radius 1 is 1.32 bits per heavy atom. The fourth-order valence-corrected chi connectivity index (χ4v) is 2.25. The molecule has 0 aromatic carbocycles. The zero-order valence-electron chi connectivity index (χ0n) is 12.4. The van der Waals surface area contributed by atoms with Crippen LogP contribution in [-0.2, 0) is 7.05 Å². The van der Waals surface area contributed by atoms with Crippen LogP contribution in [-0.4, -0.2) is 44.5 Å². The summed E-state index contributed by atoms with van der Waals surface area (Å²) in [6, 6.07) is 3.27. The summed E-state index contributed by atoms with van der Waals surface area (Å²) < 4.78 is 7.29. The molecule has 0 N–H and O–H groups in total. The number of ether oxygens (including phenoxy) is 1. The van der Waals surface area contributed by atoms with Gasteiger partial charge in [-0.25, -0.2) is 4.98 Å². The molecule has 2 aromatic rings. The Labute approximate surface area is 127 Å². The van der Waals surface area contributed by atoms with E-state index in [4.69, 9.17) is 4.74 Å². The van der Waals surface area contributed by atoms with E-state index in [1.54, 1.807) is 16.5 Å². The van der Waals surface area contributed by atoms with Crippen LogP contribution in [0.5, 0.6) is 5.75 Å². The van der Waals surface area contributed by atoms with E-state index in [1.807, 2.05) is 13.0 Å². The van der Waals surface area contributed by atoms with Crippen molar-refractivity contribution in [3.63, 3.8) is 0 Å². The van der Waals surface area contributed by atoms with Crippen LogP contribution in [0.3, 0.4) is 0 Å². The van der Waals surface area contributed by atoms with Gasteiger partial charge in [0.05, 0.1) is 19.3 Å². The predicted octanol–water partition coefficient (Wildman–Crippen LogP) is 0.387. The van der Waals surface area contributed by atoms with E-state index in [9.17, 15) is 9.59 Å². The molecular weight excluding hydrogens is 284 g/mol. The highest BCUT2D eigenvalue weighted by molar-refractivity contribution is 5.92. The first-order chi connectivity index (χ1) is 10.5. The van der Waals surface area contributed by atoms with Gasteiger partial charge >= 0.3 is 0 Å². The quantitative estimate of drug-likeness (QED) is 0.819. The molecule has 22 heavy (non-hydrogen) atoms. The molecule has 0 aliphatic carbocycles. The number of likely N-dealkylation sites (tertiary alicyclic amines) is 1. The molecule has 1 aliphatic heterocycles. The van der Waals surface area contributed by atoms with E-state index < -0.39 is 0 Å². The third-order valence-corrected chi connectivity index (χ3v) is 3.70. The number of pyridine rings is 1. The molecule has 3 rings (SSSR count). The number of aryl methyl sites for hydroxylation is 1. The van der Waals surface area contributed by atoms with E-state index >= 15 is 0 Å². The average Bonchev–Trinajstić information content (AvgIpc) is 2.48. The molecule has 0 spiro atoms. The van der Waals surface area contributed by atoms with Crippen molar-refractivity contribution in [2.45, 2.75) is 13.0 Å². The molecule has 1 fully saturated rings. The van der Waals surface area contributed by atoms with Crippen LogP contribution in [0.2, 0.25) is 0 Å². The zero-order valence-corrected chi connectivity index (χ0v) is 12.4. The predicted molar refractivity (Wildman–Crippen MR) is 78.8 cm³/mol. The summed E-state index contributed by atoms with van der Waals surface area (Å²) in [5.41, 5.74) is 1.04.